The molecule has 0 unspecified atom stereocenters. The maximum atomic E-state index is 13.8. The number of hydrogen-bond donors (Lipinski definition) is 1. The van der Waals surface area contributed by atoms with Gasteiger partial charge in [-0.3, -0.25) is 4.79 Å². The lowest BCUT2D eigenvalue weighted by atomic mass is 10.2. The van der Waals surface area contributed by atoms with Gasteiger partial charge < -0.3 is 10.5 Å². The Bertz CT molecular complexity index is 740. The van der Waals surface area contributed by atoms with Gasteiger partial charge in [0.15, 0.2) is 5.69 Å². The average Bonchev–Trinajstić information content (AvgIpc) is 2.45. The number of esters is 1. The highest BCUT2D eigenvalue weighted by molar-refractivity contribution is 5.93. The van der Waals surface area contributed by atoms with Crippen molar-refractivity contribution in [1.82, 2.24) is 9.78 Å². The van der Waals surface area contributed by atoms with Crippen molar-refractivity contribution in [3.8, 4) is 5.69 Å². The number of carbonyl (C=O) groups excluding carboxylic acids is 1. The lowest BCUT2D eigenvalue weighted by Gasteiger charge is -2.11. The summed E-state index contributed by atoms with van der Waals surface area (Å²) in [5.41, 5.74) is 4.81. The Morgan fingerprint density at radius 2 is 2.05 bits per heavy atom. The molecular formula is C13H12FN3O3. The van der Waals surface area contributed by atoms with Gasteiger partial charge in [0.1, 0.15) is 11.5 Å². The van der Waals surface area contributed by atoms with Gasteiger partial charge in [0.25, 0.3) is 5.56 Å². The minimum atomic E-state index is -0.796. The highest BCUT2D eigenvalue weighted by atomic mass is 19.1. The van der Waals surface area contributed by atoms with Crippen molar-refractivity contribution < 1.29 is 13.9 Å². The Hall–Kier alpha value is -2.70. The number of nitrogens with two attached hydrogens (primary N) is 1. The molecule has 0 aliphatic rings. The average molecular weight is 277 g/mol. The summed E-state index contributed by atoms with van der Waals surface area (Å²) >= 11 is 0. The van der Waals surface area contributed by atoms with Gasteiger partial charge in [0, 0.05) is 5.56 Å². The molecule has 6 nitrogen and oxygen atoms in total. The minimum absolute atomic E-state index is 0.0641. The number of nitrogens with zero attached hydrogens (tertiary/aromatic N) is 2. The van der Waals surface area contributed by atoms with E-state index in [4.69, 9.17) is 5.73 Å². The van der Waals surface area contributed by atoms with Crippen LogP contribution in [0.4, 0.5) is 10.1 Å². The minimum Gasteiger partial charge on any atom is -0.464 e. The van der Waals surface area contributed by atoms with Crippen LogP contribution in [0.1, 0.15) is 16.1 Å². The lowest BCUT2D eigenvalue weighted by molar-refractivity contribution is 0.0593. The van der Waals surface area contributed by atoms with E-state index >= 15 is 0 Å². The fourth-order valence-electron chi connectivity index (χ4n) is 1.69. The number of ether oxygens (including phenoxy) is 1. The predicted octanol–water partition coefficient (Wildman–Crippen LogP) is 1.05. The fraction of sp³-hybridized carbons (Fsp3) is 0.154. The van der Waals surface area contributed by atoms with Crippen LogP contribution in [0, 0.1) is 12.7 Å². The van der Waals surface area contributed by atoms with Crippen LogP contribution in [0.15, 0.2) is 29.1 Å². The van der Waals surface area contributed by atoms with Gasteiger partial charge in [0.2, 0.25) is 0 Å². The largest absolute Gasteiger partial charge is 0.464 e. The Morgan fingerprint density at radius 3 is 2.65 bits per heavy atom. The van der Waals surface area contributed by atoms with E-state index in [1.807, 2.05) is 0 Å². The van der Waals surface area contributed by atoms with E-state index < -0.39 is 17.3 Å². The number of carbonyl (C=O) groups is 1. The second kappa shape index (κ2) is 5.12. The molecule has 0 aliphatic heterocycles. The summed E-state index contributed by atoms with van der Waals surface area (Å²) < 4.78 is 19.1. The molecule has 0 saturated carbocycles. The van der Waals surface area contributed by atoms with Crippen LogP contribution < -0.4 is 11.3 Å². The zero-order valence-corrected chi connectivity index (χ0v) is 10.9. The first-order chi connectivity index (χ1) is 9.47. The number of para-hydroxylation sites is 1. The van der Waals surface area contributed by atoms with Crippen LogP contribution in [0.3, 0.4) is 0 Å². The number of halogens is 1. The predicted molar refractivity (Wildman–Crippen MR) is 70.3 cm³/mol. The second-order valence-electron chi connectivity index (χ2n) is 4.05. The summed E-state index contributed by atoms with van der Waals surface area (Å²) in [6.45, 7) is 1.43. The van der Waals surface area contributed by atoms with Crippen LogP contribution in [-0.4, -0.2) is 22.9 Å². The third kappa shape index (κ3) is 2.13. The molecule has 0 radical (unpaired) electrons. The Kier molecular flexibility index (Phi) is 3.51. The lowest BCUT2D eigenvalue weighted by Crippen LogP contribution is -2.29. The van der Waals surface area contributed by atoms with Crippen molar-refractivity contribution >= 4 is 11.7 Å². The van der Waals surface area contributed by atoms with E-state index in [-0.39, 0.29) is 22.6 Å². The maximum Gasteiger partial charge on any atom is 0.360 e. The molecule has 0 spiro atoms. The number of aromatic nitrogens is 2. The summed E-state index contributed by atoms with van der Waals surface area (Å²) in [6, 6.07) is 5.60. The zero-order valence-electron chi connectivity index (χ0n) is 10.9. The summed E-state index contributed by atoms with van der Waals surface area (Å²) in [5, 5.41) is 3.80. The standard InChI is InChI=1S/C13H12FN3O3/c1-7-10(15)11(13(19)20-2)16-17(12(7)18)9-6-4-3-5-8(9)14/h3-6H,15H2,1-2H3. The maximum absolute atomic E-state index is 13.8. The second-order valence-corrected chi connectivity index (χ2v) is 4.05. The Morgan fingerprint density at radius 1 is 1.40 bits per heavy atom. The van der Waals surface area contributed by atoms with Crippen molar-refractivity contribution in [2.24, 2.45) is 0 Å². The molecule has 1 aromatic heterocycles. The van der Waals surface area contributed by atoms with Gasteiger partial charge in [-0.2, -0.15) is 9.78 Å². The molecule has 0 aliphatic carbocycles. The van der Waals surface area contributed by atoms with E-state index in [1.165, 1.54) is 25.1 Å². The van der Waals surface area contributed by atoms with Gasteiger partial charge in [-0.15, -0.1) is 0 Å². The molecule has 2 rings (SSSR count). The van der Waals surface area contributed by atoms with Gasteiger partial charge in [-0.1, -0.05) is 12.1 Å². The van der Waals surface area contributed by atoms with Crippen molar-refractivity contribution in [2.45, 2.75) is 6.92 Å². The number of hydrogen-bond acceptors (Lipinski definition) is 5. The van der Waals surface area contributed by atoms with E-state index in [0.29, 0.717) is 0 Å². The van der Waals surface area contributed by atoms with Crippen LogP contribution in [0.25, 0.3) is 5.69 Å². The fourth-order valence-corrected chi connectivity index (χ4v) is 1.69. The molecule has 104 valence electrons. The Labute approximate surface area is 113 Å². The van der Waals surface area contributed by atoms with E-state index in [1.54, 1.807) is 6.07 Å². The van der Waals surface area contributed by atoms with E-state index in [2.05, 4.69) is 9.84 Å². The van der Waals surface area contributed by atoms with Gasteiger partial charge in [-0.05, 0) is 19.1 Å². The summed E-state index contributed by atoms with van der Waals surface area (Å²) in [5.74, 6) is -1.43. The smallest absolute Gasteiger partial charge is 0.360 e. The van der Waals surface area contributed by atoms with Gasteiger partial charge in [-0.25, -0.2) is 9.18 Å². The number of methoxy groups -OCH3 is 1. The number of rotatable bonds is 2. The first-order valence-electron chi connectivity index (χ1n) is 5.70. The first kappa shape index (κ1) is 13.7. The Balaban J connectivity index is 2.78. The SMILES string of the molecule is COC(=O)c1nn(-c2ccccc2F)c(=O)c(C)c1N. The molecule has 1 heterocycles. The molecule has 0 saturated heterocycles. The molecule has 0 fully saturated rings. The van der Waals surface area contributed by atoms with Crippen LogP contribution >= 0.6 is 0 Å². The van der Waals surface area contributed by atoms with Crippen LogP contribution in [0.2, 0.25) is 0 Å². The van der Waals surface area contributed by atoms with Gasteiger partial charge in [0.05, 0.1) is 12.8 Å². The highest BCUT2D eigenvalue weighted by Gasteiger charge is 2.20. The molecule has 0 amide bonds. The number of anilines is 1. The molecule has 2 N–H and O–H groups in total. The molecule has 1 aromatic carbocycles. The van der Waals surface area contributed by atoms with E-state index in [9.17, 15) is 14.0 Å². The number of benzene rings is 1. The molecular weight excluding hydrogens is 265 g/mol. The van der Waals surface area contributed by atoms with Crippen LogP contribution in [-0.2, 0) is 4.74 Å². The van der Waals surface area contributed by atoms with Crippen LogP contribution in [0.5, 0.6) is 0 Å². The molecule has 7 heteroatoms. The van der Waals surface area contributed by atoms with Crippen molar-refractivity contribution in [3.05, 3.63) is 51.7 Å². The summed E-state index contributed by atoms with van der Waals surface area (Å²) in [6.07, 6.45) is 0. The zero-order chi connectivity index (χ0) is 14.9. The molecule has 0 bridgehead atoms. The van der Waals surface area contributed by atoms with E-state index in [0.717, 1.165) is 11.8 Å². The summed E-state index contributed by atoms with van der Waals surface area (Å²) in [7, 11) is 1.16. The summed E-state index contributed by atoms with van der Waals surface area (Å²) in [4.78, 5) is 23.7. The van der Waals surface area contributed by atoms with Crippen molar-refractivity contribution in [1.29, 1.82) is 0 Å². The quantitative estimate of drug-likeness (QED) is 0.829. The third-order valence-electron chi connectivity index (χ3n) is 2.83. The molecule has 2 aromatic rings. The van der Waals surface area contributed by atoms with Crippen molar-refractivity contribution in [2.75, 3.05) is 12.8 Å². The first-order valence-corrected chi connectivity index (χ1v) is 5.70. The topological polar surface area (TPSA) is 87.2 Å². The monoisotopic (exact) mass is 277 g/mol. The van der Waals surface area contributed by atoms with Gasteiger partial charge >= 0.3 is 5.97 Å². The molecule has 20 heavy (non-hydrogen) atoms. The highest BCUT2D eigenvalue weighted by Crippen LogP contribution is 2.15. The number of nitrogen functional groups attached to an aromatic ring is 1. The third-order valence-corrected chi connectivity index (χ3v) is 2.83. The van der Waals surface area contributed by atoms with Crippen molar-refractivity contribution in [3.63, 3.8) is 0 Å². The normalized spacial score (nSPS) is 10.3. The molecule has 0 atom stereocenters.